The maximum atomic E-state index is 13.6. The Kier molecular flexibility index (Phi) is 7.92. The Labute approximate surface area is 225 Å². The van der Waals surface area contributed by atoms with Crippen LogP contribution in [0.4, 0.5) is 23.2 Å². The number of alkyl halides is 3. The molecule has 0 saturated carbocycles. The zero-order valence-electron chi connectivity index (χ0n) is 19.1. The van der Waals surface area contributed by atoms with Gasteiger partial charge in [-0.2, -0.15) is 13.2 Å². The van der Waals surface area contributed by atoms with Gasteiger partial charge in [-0.1, -0.05) is 35.0 Å². The Hall–Kier alpha value is -2.18. The largest absolute Gasteiger partial charge is 0.485 e. The number of benzene rings is 3. The van der Waals surface area contributed by atoms with Gasteiger partial charge in [0.1, 0.15) is 22.1 Å². The van der Waals surface area contributed by atoms with E-state index in [0.29, 0.717) is 29.3 Å². The molecule has 0 aliphatic carbocycles. The highest BCUT2D eigenvalue weighted by atomic mass is 35.5. The number of rotatable bonds is 7. The van der Waals surface area contributed by atoms with Crippen molar-refractivity contribution < 1.29 is 30.7 Å². The van der Waals surface area contributed by atoms with E-state index in [9.17, 15) is 26.0 Å². The molecule has 3 aromatic rings. The van der Waals surface area contributed by atoms with Gasteiger partial charge in [-0.05, 0) is 62.0 Å². The molecule has 0 spiro atoms. The van der Waals surface area contributed by atoms with E-state index in [2.05, 4.69) is 10.0 Å². The van der Waals surface area contributed by atoms with E-state index in [4.69, 9.17) is 27.9 Å². The summed E-state index contributed by atoms with van der Waals surface area (Å²) in [5, 5.41) is 2.87. The van der Waals surface area contributed by atoms with E-state index in [-0.39, 0.29) is 20.6 Å². The molecule has 1 heterocycles. The van der Waals surface area contributed by atoms with Gasteiger partial charge in [0.15, 0.2) is 0 Å². The molecule has 5 nitrogen and oxygen atoms in total. The summed E-state index contributed by atoms with van der Waals surface area (Å²) in [5.41, 5.74) is -2.00. The molecule has 0 bridgehead atoms. The quantitative estimate of drug-likeness (QED) is 0.282. The van der Waals surface area contributed by atoms with Crippen molar-refractivity contribution in [2.45, 2.75) is 39.8 Å². The van der Waals surface area contributed by atoms with Crippen LogP contribution in [0, 0.1) is 5.82 Å². The Morgan fingerprint density at radius 3 is 2.30 bits per heavy atom. The Bertz CT molecular complexity index is 1430. The van der Waals surface area contributed by atoms with Crippen LogP contribution in [0.25, 0.3) is 0 Å². The van der Waals surface area contributed by atoms with Crippen LogP contribution in [-0.4, -0.2) is 27.1 Å². The second-order valence-corrected chi connectivity index (χ2v) is 12.2. The summed E-state index contributed by atoms with van der Waals surface area (Å²) >= 11 is 13.2. The van der Waals surface area contributed by atoms with Crippen LogP contribution in [0.15, 0.2) is 69.3 Å². The first-order valence-electron chi connectivity index (χ1n) is 10.8. The van der Waals surface area contributed by atoms with Crippen molar-refractivity contribution in [3.63, 3.8) is 0 Å². The van der Waals surface area contributed by atoms with E-state index >= 15 is 0 Å². The van der Waals surface area contributed by atoms with Crippen LogP contribution in [0.1, 0.15) is 18.9 Å². The Morgan fingerprint density at radius 2 is 1.70 bits per heavy atom. The third-order valence-corrected chi connectivity index (χ3v) is 8.68. The molecule has 1 saturated heterocycles. The van der Waals surface area contributed by atoms with Crippen LogP contribution in [-0.2, 0) is 16.2 Å². The standard InChI is InChI=1S/C24H20Cl2F4N2O3S2/c1-23(8-9-31-13-23)35-21-10-14(2-5-17(21)24(28,29)30)32-37(33,34)22-7-4-16(12-19(22)26)36-15-3-6-20(27)18(25)11-15/h2-7,10-12,31-32H,8-9,13H2,1H3/t23-/m1/s1. The average molecular weight is 595 g/mol. The van der Waals surface area contributed by atoms with Crippen molar-refractivity contribution in [3.05, 3.63) is 76.0 Å². The average Bonchev–Trinajstić information content (AvgIpc) is 3.21. The van der Waals surface area contributed by atoms with Gasteiger partial charge in [-0.15, -0.1) is 0 Å². The van der Waals surface area contributed by atoms with Crippen LogP contribution in [0.2, 0.25) is 10.0 Å². The molecule has 3 aromatic carbocycles. The predicted octanol–water partition coefficient (Wildman–Crippen LogP) is 7.23. The number of hydrogen-bond donors (Lipinski definition) is 2. The second kappa shape index (κ2) is 10.5. The number of nitrogens with one attached hydrogen (secondary N) is 2. The summed E-state index contributed by atoms with van der Waals surface area (Å²) in [6, 6.07) is 11.1. The van der Waals surface area contributed by atoms with Gasteiger partial charge in [0, 0.05) is 28.8 Å². The van der Waals surface area contributed by atoms with Gasteiger partial charge in [0.05, 0.1) is 21.3 Å². The van der Waals surface area contributed by atoms with E-state index in [1.54, 1.807) is 6.92 Å². The number of sulfonamides is 1. The fraction of sp³-hybridized carbons (Fsp3) is 0.250. The molecule has 1 aliphatic heterocycles. The molecule has 0 radical (unpaired) electrons. The van der Waals surface area contributed by atoms with Crippen molar-refractivity contribution >= 4 is 50.7 Å². The minimum absolute atomic E-state index is 0.0578. The summed E-state index contributed by atoms with van der Waals surface area (Å²) < 4.78 is 88.2. The first-order valence-corrected chi connectivity index (χ1v) is 13.9. The Morgan fingerprint density at radius 1 is 1.03 bits per heavy atom. The molecule has 1 atom stereocenters. The van der Waals surface area contributed by atoms with Gasteiger partial charge in [0.2, 0.25) is 0 Å². The van der Waals surface area contributed by atoms with Crippen molar-refractivity contribution in [1.29, 1.82) is 0 Å². The molecule has 198 valence electrons. The fourth-order valence-corrected chi connectivity index (χ4v) is 6.50. The predicted molar refractivity (Wildman–Crippen MR) is 136 cm³/mol. The number of ether oxygens (including phenoxy) is 1. The second-order valence-electron chi connectivity index (χ2n) is 8.56. The molecule has 1 fully saturated rings. The van der Waals surface area contributed by atoms with Gasteiger partial charge in [-0.3, -0.25) is 4.72 Å². The van der Waals surface area contributed by atoms with Gasteiger partial charge >= 0.3 is 6.18 Å². The lowest BCUT2D eigenvalue weighted by Gasteiger charge is -2.27. The number of hydrogen-bond acceptors (Lipinski definition) is 5. The smallest absolute Gasteiger partial charge is 0.419 e. The molecule has 0 amide bonds. The lowest BCUT2D eigenvalue weighted by molar-refractivity contribution is -0.139. The maximum absolute atomic E-state index is 13.6. The van der Waals surface area contributed by atoms with Crippen molar-refractivity contribution in [3.8, 4) is 5.75 Å². The molecule has 2 N–H and O–H groups in total. The van der Waals surface area contributed by atoms with Crippen LogP contribution < -0.4 is 14.8 Å². The molecule has 37 heavy (non-hydrogen) atoms. The van der Waals surface area contributed by atoms with Crippen molar-refractivity contribution in [2.75, 3.05) is 17.8 Å². The number of anilines is 1. The van der Waals surface area contributed by atoms with E-state index in [0.717, 1.165) is 18.2 Å². The lowest BCUT2D eigenvalue weighted by Crippen LogP contribution is -2.35. The molecule has 4 rings (SSSR count). The zero-order valence-corrected chi connectivity index (χ0v) is 22.3. The molecule has 0 unspecified atom stereocenters. The highest BCUT2D eigenvalue weighted by Gasteiger charge is 2.38. The summed E-state index contributed by atoms with van der Waals surface area (Å²) in [6.07, 6.45) is -4.20. The third-order valence-electron chi connectivity index (χ3n) is 5.54. The molecular weight excluding hydrogens is 575 g/mol. The van der Waals surface area contributed by atoms with Crippen LogP contribution in [0.3, 0.4) is 0 Å². The van der Waals surface area contributed by atoms with E-state index < -0.39 is 38.9 Å². The number of halogens is 6. The minimum Gasteiger partial charge on any atom is -0.485 e. The fourth-order valence-electron chi connectivity index (χ4n) is 3.70. The molecule has 1 aliphatic rings. The zero-order chi connectivity index (χ0) is 27.0. The normalized spacial score (nSPS) is 18.1. The molecule has 13 heteroatoms. The first-order chi connectivity index (χ1) is 17.3. The Balaban J connectivity index is 1.58. The first kappa shape index (κ1) is 27.8. The van der Waals surface area contributed by atoms with E-state index in [1.807, 2.05) is 0 Å². The monoisotopic (exact) mass is 594 g/mol. The molecule has 0 aromatic heterocycles. The van der Waals surface area contributed by atoms with Gasteiger partial charge < -0.3 is 10.1 Å². The lowest BCUT2D eigenvalue weighted by atomic mass is 10.1. The van der Waals surface area contributed by atoms with Crippen molar-refractivity contribution in [1.82, 2.24) is 5.32 Å². The van der Waals surface area contributed by atoms with Crippen LogP contribution in [0.5, 0.6) is 5.75 Å². The van der Waals surface area contributed by atoms with Crippen molar-refractivity contribution in [2.24, 2.45) is 0 Å². The third kappa shape index (κ3) is 6.64. The van der Waals surface area contributed by atoms with E-state index in [1.165, 1.54) is 48.2 Å². The summed E-state index contributed by atoms with van der Waals surface area (Å²) in [7, 11) is -4.26. The molecular formula is C24H20Cl2F4N2O3S2. The van der Waals surface area contributed by atoms with Crippen LogP contribution >= 0.6 is 35.0 Å². The highest BCUT2D eigenvalue weighted by Crippen LogP contribution is 2.40. The van der Waals surface area contributed by atoms with Gasteiger partial charge in [0.25, 0.3) is 10.0 Å². The maximum Gasteiger partial charge on any atom is 0.419 e. The highest BCUT2D eigenvalue weighted by molar-refractivity contribution is 7.99. The van der Waals surface area contributed by atoms with Gasteiger partial charge in [-0.25, -0.2) is 12.8 Å². The summed E-state index contributed by atoms with van der Waals surface area (Å²) in [5.74, 6) is -1.04. The summed E-state index contributed by atoms with van der Waals surface area (Å²) in [4.78, 5) is 0.903. The summed E-state index contributed by atoms with van der Waals surface area (Å²) in [6.45, 7) is 2.62. The SMILES string of the molecule is C[C@@]1(Oc2cc(NS(=O)(=O)c3ccc(Sc4ccc(F)c(Cl)c4)cc3Cl)ccc2C(F)(F)F)CCNC1. The minimum atomic E-state index is -4.69. The topological polar surface area (TPSA) is 67.4 Å².